The Balaban J connectivity index is 1.97. The molecule has 2 atom stereocenters. The lowest BCUT2D eigenvalue weighted by atomic mass is 10.0. The molecule has 2 fully saturated rings. The van der Waals surface area contributed by atoms with Crippen molar-refractivity contribution >= 4 is 12.0 Å². The summed E-state index contributed by atoms with van der Waals surface area (Å²) < 4.78 is 46.2. The van der Waals surface area contributed by atoms with Gasteiger partial charge in [0.05, 0.1) is 31.8 Å². The Hall–Kier alpha value is -2.44. The predicted molar refractivity (Wildman–Crippen MR) is 104 cm³/mol. The van der Waals surface area contributed by atoms with E-state index in [2.05, 4.69) is 11.1 Å². The van der Waals surface area contributed by atoms with Crippen LogP contribution >= 0.6 is 0 Å². The molecule has 0 spiro atoms. The summed E-state index contributed by atoms with van der Waals surface area (Å²) in [7, 11) is 5.24. The molecule has 29 heavy (non-hydrogen) atoms. The third-order valence-electron chi connectivity index (χ3n) is 4.81. The molecule has 2 aliphatic rings. The highest BCUT2D eigenvalue weighted by molar-refractivity contribution is 5.70. The topological polar surface area (TPSA) is 70.3 Å². The van der Waals surface area contributed by atoms with E-state index < -0.39 is 18.6 Å². The summed E-state index contributed by atoms with van der Waals surface area (Å²) in [5.41, 5.74) is 0.414. The molecule has 2 aliphatic heterocycles. The maximum atomic E-state index is 14.6. The second kappa shape index (κ2) is 8.93. The standard InChI is InChI=1S/C20H26F2N4O3/c1-25(2)13-24-16-4-5-17(28-14-7-9-27-11-14)19(15(16)10-23)29-18-6-8-26(3)12-20(18,21)22/h4-5,13-14,18H,6-9,11-12H2,1-3H3/t14-,18?/m0/s1. The summed E-state index contributed by atoms with van der Waals surface area (Å²) in [6.07, 6.45) is 0.812. The van der Waals surface area contributed by atoms with E-state index in [-0.39, 0.29) is 29.6 Å². The molecule has 9 heteroatoms. The number of halogens is 2. The highest BCUT2D eigenvalue weighted by Gasteiger charge is 2.46. The number of rotatable bonds is 6. The minimum atomic E-state index is -3.05. The second-order valence-electron chi connectivity index (χ2n) is 7.60. The summed E-state index contributed by atoms with van der Waals surface area (Å²) in [4.78, 5) is 7.56. The van der Waals surface area contributed by atoms with Crippen molar-refractivity contribution in [2.75, 3.05) is 47.4 Å². The van der Waals surface area contributed by atoms with Crippen LogP contribution in [0.5, 0.6) is 11.5 Å². The number of hydrogen-bond acceptors (Lipinski definition) is 6. The van der Waals surface area contributed by atoms with Gasteiger partial charge in [-0.25, -0.2) is 13.8 Å². The Morgan fingerprint density at radius 2 is 2.14 bits per heavy atom. The van der Waals surface area contributed by atoms with Crippen molar-refractivity contribution in [3.8, 4) is 17.6 Å². The van der Waals surface area contributed by atoms with Crippen LogP contribution in [0.3, 0.4) is 0 Å². The molecule has 0 saturated carbocycles. The van der Waals surface area contributed by atoms with Crippen molar-refractivity contribution in [2.45, 2.75) is 31.0 Å². The van der Waals surface area contributed by atoms with Gasteiger partial charge in [0.2, 0.25) is 0 Å². The van der Waals surface area contributed by atoms with Crippen LogP contribution in [0.4, 0.5) is 14.5 Å². The highest BCUT2D eigenvalue weighted by Crippen LogP contribution is 2.41. The van der Waals surface area contributed by atoms with Crippen LogP contribution in [0.1, 0.15) is 18.4 Å². The van der Waals surface area contributed by atoms with E-state index in [0.717, 1.165) is 0 Å². The molecule has 0 radical (unpaired) electrons. The van der Waals surface area contributed by atoms with Gasteiger partial charge in [0.1, 0.15) is 17.7 Å². The number of aliphatic imine (C=N–C) groups is 1. The molecule has 0 bridgehead atoms. The van der Waals surface area contributed by atoms with Crippen LogP contribution in [0.2, 0.25) is 0 Å². The van der Waals surface area contributed by atoms with Crippen LogP contribution in [0, 0.1) is 11.3 Å². The van der Waals surface area contributed by atoms with Gasteiger partial charge in [0, 0.05) is 33.5 Å². The molecule has 3 rings (SSSR count). The van der Waals surface area contributed by atoms with Crippen LogP contribution in [-0.4, -0.2) is 81.7 Å². The largest absolute Gasteiger partial charge is 0.484 e. The maximum absolute atomic E-state index is 14.6. The first-order chi connectivity index (χ1) is 13.8. The summed E-state index contributed by atoms with van der Waals surface area (Å²) >= 11 is 0. The molecule has 158 valence electrons. The third kappa shape index (κ3) is 5.14. The molecule has 2 heterocycles. The molecule has 1 aromatic rings. The molecule has 0 aromatic heterocycles. The fourth-order valence-electron chi connectivity index (χ4n) is 3.32. The highest BCUT2D eigenvalue weighted by atomic mass is 19.3. The van der Waals surface area contributed by atoms with E-state index in [4.69, 9.17) is 14.2 Å². The van der Waals surface area contributed by atoms with Gasteiger partial charge in [-0.2, -0.15) is 5.26 Å². The van der Waals surface area contributed by atoms with E-state index in [1.54, 1.807) is 43.1 Å². The molecule has 7 nitrogen and oxygen atoms in total. The molecule has 0 amide bonds. The van der Waals surface area contributed by atoms with Gasteiger partial charge in [0.15, 0.2) is 17.6 Å². The first kappa shape index (κ1) is 21.3. The van der Waals surface area contributed by atoms with Crippen LogP contribution in [0.25, 0.3) is 0 Å². The molecule has 1 unspecified atom stereocenters. The molecule has 0 aliphatic carbocycles. The minimum Gasteiger partial charge on any atom is -0.484 e. The van der Waals surface area contributed by atoms with Gasteiger partial charge in [-0.05, 0) is 19.2 Å². The Bertz CT molecular complexity index is 789. The number of hydrogen-bond donors (Lipinski definition) is 0. The Labute approximate surface area is 169 Å². The molecule has 2 saturated heterocycles. The number of nitrogens with zero attached hydrogens (tertiary/aromatic N) is 4. The van der Waals surface area contributed by atoms with E-state index in [1.165, 1.54) is 6.34 Å². The number of piperidine rings is 1. The molecule has 0 N–H and O–H groups in total. The second-order valence-corrected chi connectivity index (χ2v) is 7.60. The van der Waals surface area contributed by atoms with Crippen molar-refractivity contribution in [3.05, 3.63) is 17.7 Å². The minimum absolute atomic E-state index is 0.0158. The number of benzene rings is 1. The average Bonchev–Trinajstić information content (AvgIpc) is 3.16. The number of nitriles is 1. The van der Waals surface area contributed by atoms with E-state index in [9.17, 15) is 14.0 Å². The van der Waals surface area contributed by atoms with Gasteiger partial charge in [-0.1, -0.05) is 0 Å². The zero-order chi connectivity index (χ0) is 21.0. The smallest absolute Gasteiger partial charge is 0.296 e. The summed E-state index contributed by atoms with van der Waals surface area (Å²) in [5.74, 6) is -2.77. The van der Waals surface area contributed by atoms with E-state index in [0.29, 0.717) is 31.9 Å². The quantitative estimate of drug-likeness (QED) is 0.533. The normalized spacial score (nSPS) is 24.4. The van der Waals surface area contributed by atoms with E-state index in [1.807, 2.05) is 0 Å². The lowest BCUT2D eigenvalue weighted by molar-refractivity contribution is -0.135. The van der Waals surface area contributed by atoms with Gasteiger partial charge >= 0.3 is 0 Å². The summed E-state index contributed by atoms with van der Waals surface area (Å²) in [5, 5.41) is 9.76. The first-order valence-corrected chi connectivity index (χ1v) is 9.55. The van der Waals surface area contributed by atoms with Crippen molar-refractivity contribution in [2.24, 2.45) is 4.99 Å². The number of ether oxygens (including phenoxy) is 3. The van der Waals surface area contributed by atoms with Crippen molar-refractivity contribution in [1.82, 2.24) is 9.80 Å². The van der Waals surface area contributed by atoms with Crippen LogP contribution in [-0.2, 0) is 4.74 Å². The van der Waals surface area contributed by atoms with Crippen LogP contribution in [0.15, 0.2) is 17.1 Å². The lowest BCUT2D eigenvalue weighted by Gasteiger charge is -2.36. The van der Waals surface area contributed by atoms with Gasteiger partial charge in [0.25, 0.3) is 5.92 Å². The van der Waals surface area contributed by atoms with E-state index >= 15 is 0 Å². The zero-order valence-electron chi connectivity index (χ0n) is 16.9. The zero-order valence-corrected chi connectivity index (χ0v) is 16.9. The summed E-state index contributed by atoms with van der Waals surface area (Å²) in [6.45, 7) is 1.06. The monoisotopic (exact) mass is 408 g/mol. The van der Waals surface area contributed by atoms with Gasteiger partial charge in [-0.15, -0.1) is 0 Å². The van der Waals surface area contributed by atoms with Gasteiger partial charge in [-0.3, -0.25) is 0 Å². The lowest BCUT2D eigenvalue weighted by Crippen LogP contribution is -2.52. The number of alkyl halides is 2. The summed E-state index contributed by atoms with van der Waals surface area (Å²) in [6, 6.07) is 5.30. The predicted octanol–water partition coefficient (Wildman–Crippen LogP) is 2.67. The van der Waals surface area contributed by atoms with Crippen LogP contribution < -0.4 is 9.47 Å². The van der Waals surface area contributed by atoms with Crippen molar-refractivity contribution < 1.29 is 23.0 Å². The molecule has 1 aromatic carbocycles. The third-order valence-corrected chi connectivity index (χ3v) is 4.81. The Morgan fingerprint density at radius 1 is 1.34 bits per heavy atom. The Morgan fingerprint density at radius 3 is 2.76 bits per heavy atom. The molecular weight excluding hydrogens is 382 g/mol. The molecular formula is C20H26F2N4O3. The Kier molecular flexibility index (Phi) is 6.55. The fraction of sp³-hybridized carbons (Fsp3) is 0.600. The van der Waals surface area contributed by atoms with Crippen molar-refractivity contribution in [1.29, 1.82) is 5.26 Å². The fourth-order valence-corrected chi connectivity index (χ4v) is 3.32. The average molecular weight is 408 g/mol. The van der Waals surface area contributed by atoms with Crippen molar-refractivity contribution in [3.63, 3.8) is 0 Å². The number of likely N-dealkylation sites (tertiary alicyclic amines) is 1. The van der Waals surface area contributed by atoms with Gasteiger partial charge < -0.3 is 24.0 Å². The maximum Gasteiger partial charge on any atom is 0.296 e. The SMILES string of the molecule is CN(C)C=Nc1ccc(O[C@H]2CCOC2)c(OC2CCN(C)CC2(F)F)c1C#N. The first-order valence-electron chi connectivity index (χ1n) is 9.55.